The molecule has 0 aliphatic heterocycles. The molecular weight excluding hydrogens is 310 g/mol. The summed E-state index contributed by atoms with van der Waals surface area (Å²) in [5, 5.41) is 12.2. The van der Waals surface area contributed by atoms with E-state index in [1.54, 1.807) is 17.0 Å². The molecule has 3 rings (SSSR count). The van der Waals surface area contributed by atoms with Gasteiger partial charge in [0.25, 0.3) is 0 Å². The molecule has 2 aromatic heterocycles. The Balaban J connectivity index is 2.30. The Morgan fingerprint density at radius 2 is 2.05 bits per heavy atom. The fraction of sp³-hybridized carbons (Fsp3) is 0. The SMILES string of the molecule is O=[N+]([O-])c1cc(Br)cnc1-n1ccc2ccccc21. The van der Waals surface area contributed by atoms with Crippen molar-refractivity contribution >= 4 is 32.5 Å². The van der Waals surface area contributed by atoms with Gasteiger partial charge < -0.3 is 0 Å². The maximum Gasteiger partial charge on any atom is 0.313 e. The quantitative estimate of drug-likeness (QED) is 0.535. The molecule has 19 heavy (non-hydrogen) atoms. The van der Waals surface area contributed by atoms with Crippen LogP contribution in [0.15, 0.2) is 53.3 Å². The summed E-state index contributed by atoms with van der Waals surface area (Å²) in [6.07, 6.45) is 3.34. The van der Waals surface area contributed by atoms with E-state index in [1.165, 1.54) is 6.07 Å². The average molecular weight is 318 g/mol. The highest BCUT2D eigenvalue weighted by Crippen LogP contribution is 2.27. The fourth-order valence-electron chi connectivity index (χ4n) is 2.01. The molecule has 0 saturated heterocycles. The van der Waals surface area contributed by atoms with Crippen LogP contribution in [-0.4, -0.2) is 14.5 Å². The molecule has 0 fully saturated rings. The second kappa shape index (κ2) is 4.47. The van der Waals surface area contributed by atoms with E-state index in [-0.39, 0.29) is 5.69 Å². The minimum Gasteiger partial charge on any atom is -0.295 e. The monoisotopic (exact) mass is 317 g/mol. The average Bonchev–Trinajstić information content (AvgIpc) is 2.82. The summed E-state index contributed by atoms with van der Waals surface area (Å²) in [6, 6.07) is 11.0. The summed E-state index contributed by atoms with van der Waals surface area (Å²) in [5.41, 5.74) is 0.858. The van der Waals surface area contributed by atoms with Crippen LogP contribution in [0.2, 0.25) is 0 Å². The molecule has 0 atom stereocenters. The number of benzene rings is 1. The number of halogens is 1. The molecule has 5 nitrogen and oxygen atoms in total. The molecule has 94 valence electrons. The number of nitrogens with zero attached hydrogens (tertiary/aromatic N) is 3. The van der Waals surface area contributed by atoms with E-state index >= 15 is 0 Å². The second-order valence-corrected chi connectivity index (χ2v) is 4.91. The van der Waals surface area contributed by atoms with Gasteiger partial charge in [0, 0.05) is 22.9 Å². The van der Waals surface area contributed by atoms with E-state index in [0.29, 0.717) is 10.3 Å². The molecule has 0 N–H and O–H groups in total. The molecule has 2 heterocycles. The number of fused-ring (bicyclic) bond motifs is 1. The first-order valence-electron chi connectivity index (χ1n) is 5.53. The Labute approximate surface area is 116 Å². The molecule has 1 aromatic carbocycles. The Kier molecular flexibility index (Phi) is 2.79. The van der Waals surface area contributed by atoms with Gasteiger partial charge in [-0.2, -0.15) is 0 Å². The Morgan fingerprint density at radius 1 is 1.26 bits per heavy atom. The zero-order valence-corrected chi connectivity index (χ0v) is 11.2. The van der Waals surface area contributed by atoms with Crippen molar-refractivity contribution in [1.29, 1.82) is 0 Å². The first kappa shape index (κ1) is 11.9. The molecule has 6 heteroatoms. The van der Waals surface area contributed by atoms with Crippen molar-refractivity contribution in [3.8, 4) is 5.82 Å². The van der Waals surface area contributed by atoms with Crippen molar-refractivity contribution in [3.63, 3.8) is 0 Å². The van der Waals surface area contributed by atoms with Gasteiger partial charge in [0.15, 0.2) is 0 Å². The van der Waals surface area contributed by atoms with E-state index in [0.717, 1.165) is 10.9 Å². The maximum atomic E-state index is 11.1. The highest BCUT2D eigenvalue weighted by Gasteiger charge is 2.18. The molecule has 0 amide bonds. The normalized spacial score (nSPS) is 10.8. The fourth-order valence-corrected chi connectivity index (χ4v) is 2.33. The number of para-hydroxylation sites is 1. The molecule has 0 radical (unpaired) electrons. The molecular formula is C13H8BrN3O2. The lowest BCUT2D eigenvalue weighted by Gasteiger charge is -2.05. The van der Waals surface area contributed by atoms with Crippen molar-refractivity contribution in [1.82, 2.24) is 9.55 Å². The zero-order valence-electron chi connectivity index (χ0n) is 9.65. The third-order valence-corrected chi connectivity index (χ3v) is 3.27. The lowest BCUT2D eigenvalue weighted by molar-refractivity contribution is -0.384. The van der Waals surface area contributed by atoms with Crippen LogP contribution in [0.3, 0.4) is 0 Å². The van der Waals surface area contributed by atoms with Crippen molar-refractivity contribution in [2.75, 3.05) is 0 Å². The number of hydrogen-bond donors (Lipinski definition) is 0. The van der Waals surface area contributed by atoms with Gasteiger partial charge in [-0.25, -0.2) is 4.98 Å². The zero-order chi connectivity index (χ0) is 13.4. The molecule has 0 unspecified atom stereocenters. The minimum absolute atomic E-state index is 0.0317. The maximum absolute atomic E-state index is 11.1. The van der Waals surface area contributed by atoms with Crippen LogP contribution in [0.5, 0.6) is 0 Å². The number of pyridine rings is 1. The van der Waals surface area contributed by atoms with E-state index in [4.69, 9.17) is 0 Å². The standard InChI is InChI=1S/C13H8BrN3O2/c14-10-7-12(17(18)19)13(15-8-10)16-6-5-9-3-1-2-4-11(9)16/h1-8H. The van der Waals surface area contributed by atoms with Gasteiger partial charge >= 0.3 is 5.69 Å². The molecule has 0 saturated carbocycles. The molecule has 0 spiro atoms. The Hall–Kier alpha value is -2.21. The number of nitro groups is 1. The van der Waals surface area contributed by atoms with Gasteiger partial charge in [0.1, 0.15) is 0 Å². The molecule has 3 aromatic rings. The lowest BCUT2D eigenvalue weighted by atomic mass is 10.2. The summed E-state index contributed by atoms with van der Waals surface area (Å²) in [7, 11) is 0. The molecule has 0 aliphatic rings. The highest BCUT2D eigenvalue weighted by atomic mass is 79.9. The first-order valence-corrected chi connectivity index (χ1v) is 6.32. The largest absolute Gasteiger partial charge is 0.313 e. The summed E-state index contributed by atoms with van der Waals surface area (Å²) in [4.78, 5) is 14.9. The Morgan fingerprint density at radius 3 is 2.84 bits per heavy atom. The van der Waals surface area contributed by atoms with Crippen LogP contribution in [0.4, 0.5) is 5.69 Å². The predicted molar refractivity (Wildman–Crippen MR) is 75.4 cm³/mol. The van der Waals surface area contributed by atoms with Crippen molar-refractivity contribution in [2.24, 2.45) is 0 Å². The van der Waals surface area contributed by atoms with Crippen LogP contribution >= 0.6 is 15.9 Å². The minimum atomic E-state index is -0.429. The van der Waals surface area contributed by atoms with E-state index < -0.39 is 4.92 Å². The third kappa shape index (κ3) is 2.00. The molecule has 0 bridgehead atoms. The van der Waals surface area contributed by atoms with Gasteiger partial charge in [-0.15, -0.1) is 0 Å². The predicted octanol–water partition coefficient (Wildman–Crippen LogP) is 3.70. The smallest absolute Gasteiger partial charge is 0.295 e. The summed E-state index contributed by atoms with van der Waals surface area (Å²) >= 11 is 3.20. The van der Waals surface area contributed by atoms with Gasteiger partial charge in [0.05, 0.1) is 10.4 Å². The van der Waals surface area contributed by atoms with E-state index in [2.05, 4.69) is 20.9 Å². The van der Waals surface area contributed by atoms with Crippen molar-refractivity contribution < 1.29 is 4.92 Å². The van der Waals surface area contributed by atoms with Crippen LogP contribution in [0.1, 0.15) is 0 Å². The van der Waals surface area contributed by atoms with E-state index in [9.17, 15) is 10.1 Å². The second-order valence-electron chi connectivity index (χ2n) is 4.00. The van der Waals surface area contributed by atoms with Crippen LogP contribution in [0.25, 0.3) is 16.7 Å². The Bertz CT molecular complexity index is 782. The van der Waals surface area contributed by atoms with Crippen LogP contribution in [0, 0.1) is 10.1 Å². The van der Waals surface area contributed by atoms with Gasteiger partial charge in [-0.1, -0.05) is 18.2 Å². The lowest BCUT2D eigenvalue weighted by Crippen LogP contribution is -2.01. The number of aromatic nitrogens is 2. The van der Waals surface area contributed by atoms with E-state index in [1.807, 2.05) is 30.3 Å². The van der Waals surface area contributed by atoms with Crippen LogP contribution < -0.4 is 0 Å². The highest BCUT2D eigenvalue weighted by molar-refractivity contribution is 9.10. The molecule has 0 aliphatic carbocycles. The van der Waals surface area contributed by atoms with Crippen LogP contribution in [-0.2, 0) is 0 Å². The number of hydrogen-bond acceptors (Lipinski definition) is 3. The van der Waals surface area contributed by atoms with Crippen molar-refractivity contribution in [3.05, 3.63) is 63.4 Å². The third-order valence-electron chi connectivity index (χ3n) is 2.84. The summed E-state index contributed by atoms with van der Waals surface area (Å²) in [6.45, 7) is 0. The van der Waals surface area contributed by atoms with Gasteiger partial charge in [-0.05, 0) is 33.4 Å². The first-order chi connectivity index (χ1) is 9.16. The van der Waals surface area contributed by atoms with Crippen molar-refractivity contribution in [2.45, 2.75) is 0 Å². The van der Waals surface area contributed by atoms with Gasteiger partial charge in [0.2, 0.25) is 5.82 Å². The van der Waals surface area contributed by atoms with Gasteiger partial charge in [-0.3, -0.25) is 14.7 Å². The number of rotatable bonds is 2. The topological polar surface area (TPSA) is 61.0 Å². The summed E-state index contributed by atoms with van der Waals surface area (Å²) < 4.78 is 2.30. The summed E-state index contributed by atoms with van der Waals surface area (Å²) in [5.74, 6) is 0.314.